The van der Waals surface area contributed by atoms with Gasteiger partial charge < -0.3 is 45.4 Å². The van der Waals surface area contributed by atoms with Crippen LogP contribution in [0.2, 0.25) is 0 Å². The molecule has 15 nitrogen and oxygen atoms in total. The van der Waals surface area contributed by atoms with Gasteiger partial charge in [-0.25, -0.2) is 9.59 Å². The van der Waals surface area contributed by atoms with Gasteiger partial charge in [0, 0.05) is 37.9 Å². The van der Waals surface area contributed by atoms with E-state index >= 15 is 0 Å². The summed E-state index contributed by atoms with van der Waals surface area (Å²) in [6.07, 6.45) is 15.4. The zero-order valence-electron chi connectivity index (χ0n) is 28.0. The molecule has 0 aliphatic rings. The number of nitrogens with one attached hydrogen (secondary N) is 2. The van der Waals surface area contributed by atoms with E-state index in [1.165, 1.54) is 44.9 Å². The Hall–Kier alpha value is -3.85. The van der Waals surface area contributed by atoms with Crippen molar-refractivity contribution < 1.29 is 58.7 Å². The van der Waals surface area contributed by atoms with Gasteiger partial charge >= 0.3 is 17.9 Å². The van der Waals surface area contributed by atoms with Gasteiger partial charge in [-0.1, -0.05) is 77.0 Å². The second kappa shape index (κ2) is 27.1. The van der Waals surface area contributed by atoms with Gasteiger partial charge in [0.2, 0.25) is 23.6 Å². The van der Waals surface area contributed by atoms with Gasteiger partial charge in [0.1, 0.15) is 12.6 Å². The first-order valence-corrected chi connectivity index (χ1v) is 17.1. The standard InChI is InChI=1S/C33H55N3O12/c37-27(34-21-22-46-23-24-47-25-32(43)48-36-29(39)19-20-30(36)40)18-17-26(33(44)45)35-28(38)15-13-11-9-7-5-3-1-2-4-6-8-10-12-14-16-31(41)42/h19-20,26,39-40H,1-18,21-25H2,(H,34,37)(H,35,38)(H,41,42)(H,44,45)/t26-/m0/s1. The number of unbranched alkanes of at least 4 members (excludes halogenated alkanes) is 13. The van der Waals surface area contributed by atoms with Gasteiger partial charge in [0.05, 0.1) is 19.8 Å². The topological polar surface area (TPSA) is 223 Å². The quantitative estimate of drug-likeness (QED) is 0.0616. The van der Waals surface area contributed by atoms with Crippen LogP contribution in [0.5, 0.6) is 11.8 Å². The van der Waals surface area contributed by atoms with Crippen LogP contribution in [0.15, 0.2) is 12.1 Å². The van der Waals surface area contributed by atoms with Gasteiger partial charge in [-0.3, -0.25) is 14.4 Å². The molecule has 0 aliphatic heterocycles. The van der Waals surface area contributed by atoms with E-state index in [1.54, 1.807) is 0 Å². The number of ether oxygens (including phenoxy) is 2. The summed E-state index contributed by atoms with van der Waals surface area (Å²) in [6.45, 7) is 0.0649. The normalized spacial score (nSPS) is 11.6. The zero-order valence-corrected chi connectivity index (χ0v) is 28.0. The highest BCUT2D eigenvalue weighted by atomic mass is 16.7. The maximum atomic E-state index is 12.2. The second-order valence-electron chi connectivity index (χ2n) is 11.7. The number of nitrogens with zero attached hydrogens (tertiary/aromatic N) is 1. The van der Waals surface area contributed by atoms with Crippen molar-refractivity contribution in [3.8, 4) is 11.8 Å². The van der Waals surface area contributed by atoms with Gasteiger partial charge in [-0.2, -0.15) is 0 Å². The molecule has 1 aromatic heterocycles. The Labute approximate surface area is 282 Å². The number of amides is 2. The molecule has 0 saturated heterocycles. The molecule has 6 N–H and O–H groups in total. The van der Waals surface area contributed by atoms with Crippen LogP contribution in [0.25, 0.3) is 0 Å². The molecule has 0 aromatic carbocycles. The lowest BCUT2D eigenvalue weighted by molar-refractivity contribution is -0.151. The highest BCUT2D eigenvalue weighted by Gasteiger charge is 2.20. The first-order valence-electron chi connectivity index (χ1n) is 17.1. The average molecular weight is 686 g/mol. The molecule has 2 amide bonds. The van der Waals surface area contributed by atoms with E-state index in [2.05, 4.69) is 10.6 Å². The van der Waals surface area contributed by atoms with Crippen molar-refractivity contribution in [1.29, 1.82) is 0 Å². The Morgan fingerprint density at radius 1 is 0.646 bits per heavy atom. The van der Waals surface area contributed by atoms with Crippen molar-refractivity contribution in [3.63, 3.8) is 0 Å². The Morgan fingerprint density at radius 2 is 1.15 bits per heavy atom. The summed E-state index contributed by atoms with van der Waals surface area (Å²) in [6, 6.07) is 1.15. The molecule has 0 saturated carbocycles. The van der Waals surface area contributed by atoms with Crippen molar-refractivity contribution in [2.45, 2.75) is 122 Å². The fraction of sp³-hybridized carbons (Fsp3) is 0.727. The molecule has 0 aliphatic carbocycles. The first kappa shape index (κ1) is 42.2. The van der Waals surface area contributed by atoms with Crippen LogP contribution < -0.4 is 15.5 Å². The summed E-state index contributed by atoms with van der Waals surface area (Å²) >= 11 is 0. The monoisotopic (exact) mass is 685 g/mol. The highest BCUT2D eigenvalue weighted by molar-refractivity contribution is 5.84. The maximum absolute atomic E-state index is 12.2. The van der Waals surface area contributed by atoms with E-state index in [1.807, 2.05) is 0 Å². The third-order valence-electron chi connectivity index (χ3n) is 7.49. The number of aromatic nitrogens is 1. The van der Waals surface area contributed by atoms with Crippen LogP contribution >= 0.6 is 0 Å². The van der Waals surface area contributed by atoms with Crippen molar-refractivity contribution >= 4 is 29.7 Å². The predicted molar refractivity (Wildman–Crippen MR) is 174 cm³/mol. The fourth-order valence-electron chi connectivity index (χ4n) is 4.83. The van der Waals surface area contributed by atoms with Crippen molar-refractivity contribution in [2.24, 2.45) is 0 Å². The molecule has 1 aromatic rings. The van der Waals surface area contributed by atoms with Crippen molar-refractivity contribution in [1.82, 2.24) is 15.4 Å². The SMILES string of the molecule is O=C(O)CCCCCCCCCCCCCCCCC(=O)N[C@@H](CCC(=O)NCCOCCOCC(=O)On1c(O)ccc1O)C(=O)O. The van der Waals surface area contributed by atoms with Crippen LogP contribution in [0.1, 0.15) is 116 Å². The van der Waals surface area contributed by atoms with Crippen LogP contribution in [-0.2, 0) is 33.4 Å². The Bertz CT molecular complexity index is 1060. The second-order valence-corrected chi connectivity index (χ2v) is 11.7. The van der Waals surface area contributed by atoms with Crippen molar-refractivity contribution in [3.05, 3.63) is 12.1 Å². The number of carbonyl (C=O) groups excluding carboxylic acids is 3. The summed E-state index contributed by atoms with van der Waals surface area (Å²) in [4.78, 5) is 62.8. The number of carboxylic acids is 2. The van der Waals surface area contributed by atoms with E-state index in [9.17, 15) is 39.3 Å². The van der Waals surface area contributed by atoms with Crippen molar-refractivity contribution in [2.75, 3.05) is 33.0 Å². The average Bonchev–Trinajstić information content (AvgIpc) is 3.35. The predicted octanol–water partition coefficient (Wildman–Crippen LogP) is 3.68. The molecule has 0 radical (unpaired) electrons. The third-order valence-corrected chi connectivity index (χ3v) is 7.49. The number of carbonyl (C=O) groups is 5. The van der Waals surface area contributed by atoms with Gasteiger partial charge in [-0.15, -0.1) is 4.73 Å². The number of aromatic hydroxyl groups is 2. The summed E-state index contributed by atoms with van der Waals surface area (Å²) < 4.78 is 10.9. The molecular formula is C33H55N3O12. The minimum atomic E-state index is -1.19. The van der Waals surface area contributed by atoms with Crippen LogP contribution in [0, 0.1) is 0 Å². The molecule has 274 valence electrons. The Balaban J connectivity index is 1.97. The van der Waals surface area contributed by atoms with Crippen LogP contribution in [0.3, 0.4) is 0 Å². The molecule has 1 heterocycles. The van der Waals surface area contributed by atoms with E-state index in [-0.39, 0.29) is 63.9 Å². The summed E-state index contributed by atoms with van der Waals surface area (Å²) in [7, 11) is 0. The molecule has 48 heavy (non-hydrogen) atoms. The largest absolute Gasteiger partial charge is 0.492 e. The van der Waals surface area contributed by atoms with E-state index in [0.717, 1.165) is 50.7 Å². The lowest BCUT2D eigenvalue weighted by Gasteiger charge is -2.14. The molecule has 0 spiro atoms. The van der Waals surface area contributed by atoms with Gasteiger partial charge in [0.15, 0.2) is 0 Å². The molecule has 15 heteroatoms. The first-order chi connectivity index (χ1) is 23.1. The molecule has 0 unspecified atom stereocenters. The number of hydrogen-bond acceptors (Lipinski definition) is 10. The minimum Gasteiger partial charge on any atom is -0.492 e. The number of aliphatic carboxylic acids is 2. The lowest BCUT2D eigenvalue weighted by atomic mass is 10.0. The van der Waals surface area contributed by atoms with Crippen LogP contribution in [-0.4, -0.2) is 93.9 Å². The number of carboxylic acid groups (broad SMARTS) is 2. The molecule has 1 atom stereocenters. The number of hydrogen-bond donors (Lipinski definition) is 6. The molecular weight excluding hydrogens is 630 g/mol. The smallest absolute Gasteiger partial charge is 0.358 e. The van der Waals surface area contributed by atoms with Crippen LogP contribution in [0.4, 0.5) is 0 Å². The summed E-state index contributed by atoms with van der Waals surface area (Å²) in [5.74, 6) is -4.36. The third kappa shape index (κ3) is 22.6. The van der Waals surface area contributed by atoms with E-state index in [0.29, 0.717) is 11.2 Å². The van der Waals surface area contributed by atoms with E-state index in [4.69, 9.17) is 19.4 Å². The highest BCUT2D eigenvalue weighted by Crippen LogP contribution is 2.18. The summed E-state index contributed by atoms with van der Waals surface area (Å²) in [5, 5.41) is 42.0. The molecule has 0 bridgehead atoms. The Morgan fingerprint density at radius 3 is 1.67 bits per heavy atom. The van der Waals surface area contributed by atoms with Gasteiger partial charge in [-0.05, 0) is 19.3 Å². The fourth-order valence-corrected chi connectivity index (χ4v) is 4.83. The Kier molecular flexibility index (Phi) is 23.8. The maximum Gasteiger partial charge on any atom is 0.358 e. The molecule has 0 fully saturated rings. The number of rotatable bonds is 31. The van der Waals surface area contributed by atoms with Gasteiger partial charge in [0.25, 0.3) is 0 Å². The molecule has 1 rings (SSSR count). The lowest BCUT2D eigenvalue weighted by Crippen LogP contribution is -2.41. The zero-order chi connectivity index (χ0) is 35.4. The minimum absolute atomic E-state index is 0.0386. The summed E-state index contributed by atoms with van der Waals surface area (Å²) in [5.41, 5.74) is 0. The van der Waals surface area contributed by atoms with E-state index < -0.39 is 42.3 Å².